The second kappa shape index (κ2) is 9.31. The van der Waals surface area contributed by atoms with Gasteiger partial charge in [-0.1, -0.05) is 15.9 Å². The van der Waals surface area contributed by atoms with Gasteiger partial charge in [0.1, 0.15) is 0 Å². The summed E-state index contributed by atoms with van der Waals surface area (Å²) in [4.78, 5) is 11.6. The van der Waals surface area contributed by atoms with Crippen molar-refractivity contribution in [3.8, 4) is 0 Å². The second-order valence-electron chi connectivity index (χ2n) is 3.91. The van der Waals surface area contributed by atoms with E-state index in [2.05, 4.69) is 21.2 Å². The predicted octanol–water partition coefficient (Wildman–Crippen LogP) is 2.05. The van der Waals surface area contributed by atoms with Gasteiger partial charge in [0.15, 0.2) is 0 Å². The minimum absolute atomic E-state index is 0.180. The van der Waals surface area contributed by atoms with Crippen molar-refractivity contribution in [3.63, 3.8) is 0 Å². The largest absolute Gasteiger partial charge is 0.379 e. The third-order valence-electron chi connectivity index (χ3n) is 2.61. The van der Waals surface area contributed by atoms with Gasteiger partial charge < -0.3 is 10.1 Å². The maximum absolute atomic E-state index is 11.6. The first-order chi connectivity index (χ1) is 7.83. The van der Waals surface area contributed by atoms with E-state index < -0.39 is 0 Å². The van der Waals surface area contributed by atoms with E-state index in [0.29, 0.717) is 32.1 Å². The van der Waals surface area contributed by atoms with Crippen LogP contribution in [0, 0.1) is 5.92 Å². The van der Waals surface area contributed by atoms with Gasteiger partial charge in [-0.25, -0.2) is 0 Å². The summed E-state index contributed by atoms with van der Waals surface area (Å²) in [6.07, 6.45) is 3.08. The van der Waals surface area contributed by atoms with E-state index in [4.69, 9.17) is 4.74 Å². The van der Waals surface area contributed by atoms with Crippen LogP contribution in [0.3, 0.4) is 0 Å². The Labute approximate surface area is 110 Å². The van der Waals surface area contributed by atoms with Crippen LogP contribution in [0.4, 0.5) is 0 Å². The van der Waals surface area contributed by atoms with E-state index in [0.717, 1.165) is 5.33 Å². The van der Waals surface area contributed by atoms with Crippen molar-refractivity contribution in [1.82, 2.24) is 5.32 Å². The Hall–Kier alpha value is 0.260. The first kappa shape index (κ1) is 14.3. The fourth-order valence-corrected chi connectivity index (χ4v) is 3.14. The maximum atomic E-state index is 11.6. The van der Waals surface area contributed by atoms with Gasteiger partial charge in [0, 0.05) is 18.3 Å². The van der Waals surface area contributed by atoms with Crippen LogP contribution >= 0.6 is 27.7 Å². The molecule has 0 atom stereocenters. The maximum Gasteiger partial charge on any atom is 0.220 e. The quantitative estimate of drug-likeness (QED) is 0.578. The lowest BCUT2D eigenvalue weighted by Gasteiger charge is -2.20. The molecule has 0 spiro atoms. The number of carbonyl (C=O) groups is 1. The molecule has 1 fully saturated rings. The lowest BCUT2D eigenvalue weighted by atomic mass is 9.98. The monoisotopic (exact) mass is 309 g/mol. The normalized spacial score (nSPS) is 17.3. The van der Waals surface area contributed by atoms with Gasteiger partial charge in [0.25, 0.3) is 0 Å². The van der Waals surface area contributed by atoms with E-state index in [1.54, 1.807) is 0 Å². The number of hydrogen-bond acceptors (Lipinski definition) is 3. The van der Waals surface area contributed by atoms with Crippen LogP contribution in [0.2, 0.25) is 0 Å². The molecule has 1 saturated heterocycles. The summed E-state index contributed by atoms with van der Waals surface area (Å²) in [5.74, 6) is 3.21. The fourth-order valence-electron chi connectivity index (χ4n) is 1.70. The van der Waals surface area contributed by atoms with Crippen molar-refractivity contribution in [3.05, 3.63) is 0 Å². The Morgan fingerprint density at radius 3 is 2.81 bits per heavy atom. The average molecular weight is 310 g/mol. The zero-order chi connectivity index (χ0) is 11.6. The van der Waals surface area contributed by atoms with Crippen molar-refractivity contribution >= 4 is 33.6 Å². The van der Waals surface area contributed by atoms with Gasteiger partial charge in [0.05, 0.1) is 13.2 Å². The highest BCUT2D eigenvalue weighted by molar-refractivity contribution is 9.09. The molecule has 0 radical (unpaired) electrons. The number of thioether (sulfide) groups is 1. The molecular weight excluding hydrogens is 290 g/mol. The number of amides is 1. The zero-order valence-corrected chi connectivity index (χ0v) is 11.9. The Bertz CT molecular complexity index is 198. The molecule has 0 aromatic rings. The van der Waals surface area contributed by atoms with E-state index in [1.807, 2.05) is 11.8 Å². The van der Waals surface area contributed by atoms with Crippen molar-refractivity contribution in [2.24, 2.45) is 5.92 Å². The van der Waals surface area contributed by atoms with Crippen molar-refractivity contribution in [2.75, 3.05) is 36.6 Å². The Balaban J connectivity index is 1.97. The molecule has 0 unspecified atom stereocenters. The molecule has 16 heavy (non-hydrogen) atoms. The molecule has 1 aliphatic heterocycles. The lowest BCUT2D eigenvalue weighted by molar-refractivity contribution is -0.122. The molecule has 0 aromatic carbocycles. The molecule has 0 aliphatic carbocycles. The van der Waals surface area contributed by atoms with Crippen molar-refractivity contribution in [1.29, 1.82) is 0 Å². The first-order valence-electron chi connectivity index (χ1n) is 5.81. The Kier molecular flexibility index (Phi) is 8.33. The summed E-state index contributed by atoms with van der Waals surface area (Å²) in [6, 6.07) is 0. The number of alkyl halides is 1. The lowest BCUT2D eigenvalue weighted by Crippen LogP contribution is -2.29. The van der Waals surface area contributed by atoms with Gasteiger partial charge >= 0.3 is 0 Å². The minimum Gasteiger partial charge on any atom is -0.379 e. The van der Waals surface area contributed by atoms with Crippen molar-refractivity contribution < 1.29 is 9.53 Å². The number of halogens is 1. The third kappa shape index (κ3) is 6.76. The number of ether oxygens (including phenoxy) is 1. The summed E-state index contributed by atoms with van der Waals surface area (Å²) in [7, 11) is 0. The van der Waals surface area contributed by atoms with Gasteiger partial charge in [-0.2, -0.15) is 11.8 Å². The summed E-state index contributed by atoms with van der Waals surface area (Å²) in [5.41, 5.74) is 0. The highest BCUT2D eigenvalue weighted by Crippen LogP contribution is 2.24. The fraction of sp³-hybridized carbons (Fsp3) is 0.909. The summed E-state index contributed by atoms with van der Waals surface area (Å²) in [6.45, 7) is 1.95. The van der Waals surface area contributed by atoms with Crippen LogP contribution in [0.25, 0.3) is 0 Å². The highest BCUT2D eigenvalue weighted by Gasteiger charge is 2.16. The van der Waals surface area contributed by atoms with Gasteiger partial charge in [-0.05, 0) is 30.3 Å². The first-order valence-corrected chi connectivity index (χ1v) is 8.08. The Morgan fingerprint density at radius 2 is 2.12 bits per heavy atom. The number of nitrogens with one attached hydrogen (secondary N) is 1. The van der Waals surface area contributed by atoms with Crippen LogP contribution < -0.4 is 5.32 Å². The van der Waals surface area contributed by atoms with Gasteiger partial charge in [-0.15, -0.1) is 0 Å². The van der Waals surface area contributed by atoms with Crippen LogP contribution in [0.15, 0.2) is 0 Å². The molecule has 1 rings (SSSR count). The van der Waals surface area contributed by atoms with Crippen LogP contribution in [0.5, 0.6) is 0 Å². The molecule has 3 nitrogen and oxygen atoms in total. The highest BCUT2D eigenvalue weighted by atomic mass is 79.9. The molecular formula is C11H20BrNO2S. The molecule has 94 valence electrons. The smallest absolute Gasteiger partial charge is 0.220 e. The van der Waals surface area contributed by atoms with Gasteiger partial charge in [-0.3, -0.25) is 4.79 Å². The number of hydrogen-bond donors (Lipinski definition) is 1. The number of rotatable bonds is 7. The summed E-state index contributed by atoms with van der Waals surface area (Å²) in [5, 5.41) is 3.75. The topological polar surface area (TPSA) is 38.3 Å². The molecule has 0 bridgehead atoms. The molecule has 0 aromatic heterocycles. The minimum atomic E-state index is 0.180. The van der Waals surface area contributed by atoms with Gasteiger partial charge in [0.2, 0.25) is 5.91 Å². The summed E-state index contributed by atoms with van der Waals surface area (Å²) < 4.78 is 5.26. The molecule has 5 heteroatoms. The van der Waals surface area contributed by atoms with Crippen LogP contribution in [0.1, 0.15) is 19.3 Å². The predicted molar refractivity (Wildman–Crippen MR) is 72.3 cm³/mol. The van der Waals surface area contributed by atoms with E-state index in [9.17, 15) is 4.79 Å². The standard InChI is InChI=1S/C11H20BrNO2S/c12-3-5-15-6-4-13-11(14)9-10-1-7-16-8-2-10/h10H,1-9H2,(H,13,14). The molecule has 1 amide bonds. The van der Waals surface area contributed by atoms with Crippen molar-refractivity contribution in [2.45, 2.75) is 19.3 Å². The SMILES string of the molecule is O=C(CC1CCSCC1)NCCOCCBr. The van der Waals surface area contributed by atoms with Crippen LogP contribution in [-0.2, 0) is 9.53 Å². The number of carbonyl (C=O) groups excluding carboxylic acids is 1. The third-order valence-corrected chi connectivity index (χ3v) is 3.98. The zero-order valence-electron chi connectivity index (χ0n) is 9.54. The molecule has 1 aliphatic rings. The Morgan fingerprint density at radius 1 is 1.38 bits per heavy atom. The van der Waals surface area contributed by atoms with E-state index in [-0.39, 0.29) is 5.91 Å². The molecule has 1 N–H and O–H groups in total. The second-order valence-corrected chi connectivity index (χ2v) is 5.93. The van der Waals surface area contributed by atoms with Crippen LogP contribution in [-0.4, -0.2) is 42.5 Å². The van der Waals surface area contributed by atoms with E-state index >= 15 is 0 Å². The average Bonchev–Trinajstić information content (AvgIpc) is 2.30. The van der Waals surface area contributed by atoms with E-state index in [1.165, 1.54) is 24.3 Å². The molecule has 1 heterocycles. The molecule has 0 saturated carbocycles. The summed E-state index contributed by atoms with van der Waals surface area (Å²) >= 11 is 5.28.